The van der Waals surface area contributed by atoms with Crippen LogP contribution in [0.3, 0.4) is 0 Å². The second kappa shape index (κ2) is 7.90. The smallest absolute Gasteiger partial charge is 0.251 e. The summed E-state index contributed by atoms with van der Waals surface area (Å²) in [6.45, 7) is 1.39. The van der Waals surface area contributed by atoms with Gasteiger partial charge in [-0.25, -0.2) is 8.78 Å². The maximum absolute atomic E-state index is 13.3. The molecule has 1 atom stereocenters. The van der Waals surface area contributed by atoms with E-state index >= 15 is 0 Å². The number of amides is 1. The molecule has 0 bridgehead atoms. The molecule has 5 nitrogen and oxygen atoms in total. The van der Waals surface area contributed by atoms with Crippen LogP contribution in [0.15, 0.2) is 54.7 Å². The molecule has 0 unspecified atom stereocenters. The van der Waals surface area contributed by atoms with E-state index in [9.17, 15) is 13.6 Å². The van der Waals surface area contributed by atoms with E-state index < -0.39 is 17.5 Å². The number of hydrogen-bond acceptors (Lipinski definition) is 3. The third kappa shape index (κ3) is 3.94. The van der Waals surface area contributed by atoms with Gasteiger partial charge in [-0.15, -0.1) is 0 Å². The summed E-state index contributed by atoms with van der Waals surface area (Å²) in [6, 6.07) is 13.1. The lowest BCUT2D eigenvalue weighted by molar-refractivity contribution is 0.0383. The molecule has 7 heteroatoms. The first-order chi connectivity index (χ1) is 13.6. The quantitative estimate of drug-likeness (QED) is 0.736. The van der Waals surface area contributed by atoms with Crippen molar-refractivity contribution >= 4 is 5.91 Å². The molecule has 0 saturated heterocycles. The predicted octanol–water partition coefficient (Wildman–Crippen LogP) is 3.25. The second-order valence-corrected chi connectivity index (χ2v) is 6.67. The Bertz CT molecular complexity index is 989. The molecule has 0 spiro atoms. The highest BCUT2D eigenvalue weighted by atomic mass is 19.2. The number of carbonyl (C=O) groups excluding carboxylic acids is 1. The fraction of sp³-hybridized carbons (Fsp3) is 0.238. The van der Waals surface area contributed by atoms with Gasteiger partial charge in [-0.2, -0.15) is 5.10 Å². The molecule has 1 aliphatic rings. The van der Waals surface area contributed by atoms with Crippen molar-refractivity contribution in [2.75, 3.05) is 13.2 Å². The van der Waals surface area contributed by atoms with Crippen molar-refractivity contribution in [3.05, 3.63) is 88.7 Å². The van der Waals surface area contributed by atoms with Crippen molar-refractivity contribution in [1.82, 2.24) is 15.1 Å². The van der Waals surface area contributed by atoms with Crippen molar-refractivity contribution < 1.29 is 18.3 Å². The number of rotatable bonds is 5. The van der Waals surface area contributed by atoms with Crippen molar-refractivity contribution in [3.8, 4) is 0 Å². The first-order valence-corrected chi connectivity index (χ1v) is 9.05. The van der Waals surface area contributed by atoms with Crippen LogP contribution in [0.2, 0.25) is 0 Å². The monoisotopic (exact) mass is 383 g/mol. The lowest BCUT2D eigenvalue weighted by Gasteiger charge is -2.22. The Kier molecular flexibility index (Phi) is 5.16. The SMILES string of the molecule is O=C(NC[C@@H]1OCCc2cn(Cc3ccccc3)nc21)c1ccc(F)c(F)c1. The average Bonchev–Trinajstić information content (AvgIpc) is 3.12. The zero-order chi connectivity index (χ0) is 19.5. The van der Waals surface area contributed by atoms with Crippen LogP contribution in [0, 0.1) is 11.6 Å². The molecule has 1 N–H and O–H groups in total. The molecule has 1 aliphatic heterocycles. The Morgan fingerprint density at radius 3 is 2.79 bits per heavy atom. The molecule has 4 rings (SSSR count). The topological polar surface area (TPSA) is 56.1 Å². The molecule has 0 aliphatic carbocycles. The van der Waals surface area contributed by atoms with Gasteiger partial charge in [0.25, 0.3) is 5.91 Å². The van der Waals surface area contributed by atoms with E-state index in [0.717, 1.165) is 35.4 Å². The number of fused-ring (bicyclic) bond motifs is 1. The summed E-state index contributed by atoms with van der Waals surface area (Å²) in [6.07, 6.45) is 2.39. The fourth-order valence-corrected chi connectivity index (χ4v) is 3.26. The van der Waals surface area contributed by atoms with Crippen molar-refractivity contribution in [3.63, 3.8) is 0 Å². The van der Waals surface area contributed by atoms with Gasteiger partial charge in [0.15, 0.2) is 11.6 Å². The zero-order valence-corrected chi connectivity index (χ0v) is 15.1. The molecule has 0 radical (unpaired) electrons. The number of nitrogens with one attached hydrogen (secondary N) is 1. The Hall–Kier alpha value is -3.06. The van der Waals surface area contributed by atoms with Crippen LogP contribution in [-0.4, -0.2) is 28.8 Å². The van der Waals surface area contributed by atoms with Gasteiger partial charge in [-0.3, -0.25) is 9.48 Å². The minimum atomic E-state index is -1.05. The summed E-state index contributed by atoms with van der Waals surface area (Å²) in [5.74, 6) is -2.53. The Labute approximate surface area is 160 Å². The van der Waals surface area contributed by atoms with E-state index in [4.69, 9.17) is 4.74 Å². The Morgan fingerprint density at radius 1 is 1.18 bits per heavy atom. The highest BCUT2D eigenvalue weighted by molar-refractivity contribution is 5.94. The molecular weight excluding hydrogens is 364 g/mol. The number of ether oxygens (including phenoxy) is 1. The van der Waals surface area contributed by atoms with Crippen LogP contribution in [0.4, 0.5) is 8.78 Å². The molecule has 144 valence electrons. The number of halogens is 2. The largest absolute Gasteiger partial charge is 0.370 e. The van der Waals surface area contributed by atoms with Gasteiger partial charge in [-0.1, -0.05) is 30.3 Å². The van der Waals surface area contributed by atoms with Gasteiger partial charge in [0, 0.05) is 18.3 Å². The summed E-state index contributed by atoms with van der Waals surface area (Å²) in [5, 5.41) is 7.35. The number of benzene rings is 2. The normalized spacial score (nSPS) is 15.9. The lowest BCUT2D eigenvalue weighted by atomic mass is 10.1. The van der Waals surface area contributed by atoms with E-state index in [-0.39, 0.29) is 18.2 Å². The molecule has 28 heavy (non-hydrogen) atoms. The van der Waals surface area contributed by atoms with Crippen LogP contribution in [-0.2, 0) is 17.7 Å². The third-order valence-corrected chi connectivity index (χ3v) is 4.68. The van der Waals surface area contributed by atoms with Gasteiger partial charge < -0.3 is 10.1 Å². The molecule has 1 aromatic heterocycles. The minimum Gasteiger partial charge on any atom is -0.370 e. The predicted molar refractivity (Wildman–Crippen MR) is 98.9 cm³/mol. The van der Waals surface area contributed by atoms with Crippen molar-refractivity contribution in [1.29, 1.82) is 0 Å². The van der Waals surface area contributed by atoms with Crippen molar-refractivity contribution in [2.24, 2.45) is 0 Å². The van der Waals surface area contributed by atoms with Gasteiger partial charge in [-0.05, 0) is 35.7 Å². The average molecular weight is 383 g/mol. The molecule has 2 aromatic carbocycles. The molecule has 2 heterocycles. The highest BCUT2D eigenvalue weighted by Gasteiger charge is 2.25. The van der Waals surface area contributed by atoms with E-state index in [1.807, 2.05) is 41.2 Å². The first-order valence-electron chi connectivity index (χ1n) is 9.05. The zero-order valence-electron chi connectivity index (χ0n) is 15.1. The van der Waals surface area contributed by atoms with Gasteiger partial charge >= 0.3 is 0 Å². The lowest BCUT2D eigenvalue weighted by Crippen LogP contribution is -2.32. The van der Waals surface area contributed by atoms with Crippen LogP contribution in [0.1, 0.15) is 33.3 Å². The molecular formula is C21H19F2N3O2. The summed E-state index contributed by atoms with van der Waals surface area (Å²) in [4.78, 5) is 12.2. The Balaban J connectivity index is 1.44. The van der Waals surface area contributed by atoms with E-state index in [2.05, 4.69) is 10.4 Å². The molecule has 3 aromatic rings. The number of aromatic nitrogens is 2. The summed E-state index contributed by atoms with van der Waals surface area (Å²) in [5.41, 5.74) is 3.10. The third-order valence-electron chi connectivity index (χ3n) is 4.68. The van der Waals surface area contributed by atoms with Crippen LogP contribution < -0.4 is 5.32 Å². The maximum Gasteiger partial charge on any atom is 0.251 e. The summed E-state index contributed by atoms with van der Waals surface area (Å²) >= 11 is 0. The standard InChI is InChI=1S/C21H19F2N3O2/c22-17-7-6-15(10-18(17)23)21(27)24-11-19-20-16(8-9-28-19)13-26(25-20)12-14-4-2-1-3-5-14/h1-7,10,13,19H,8-9,11-12H2,(H,24,27)/t19-/m0/s1. The maximum atomic E-state index is 13.3. The number of nitrogens with zero attached hydrogens (tertiary/aromatic N) is 2. The Morgan fingerprint density at radius 2 is 2.00 bits per heavy atom. The molecule has 0 fully saturated rings. The van der Waals surface area contributed by atoms with Gasteiger partial charge in [0.1, 0.15) is 6.10 Å². The summed E-state index contributed by atoms with van der Waals surface area (Å²) < 4.78 is 34.0. The summed E-state index contributed by atoms with van der Waals surface area (Å²) in [7, 11) is 0. The van der Waals surface area contributed by atoms with Crippen LogP contribution >= 0.6 is 0 Å². The number of carbonyl (C=O) groups is 1. The first kappa shape index (κ1) is 18.3. The molecule has 0 saturated carbocycles. The highest BCUT2D eigenvalue weighted by Crippen LogP contribution is 2.25. The van der Waals surface area contributed by atoms with E-state index in [0.29, 0.717) is 13.2 Å². The minimum absolute atomic E-state index is 0.0598. The van der Waals surface area contributed by atoms with Gasteiger partial charge in [0.05, 0.1) is 18.8 Å². The van der Waals surface area contributed by atoms with Crippen LogP contribution in [0.25, 0.3) is 0 Å². The fourth-order valence-electron chi connectivity index (χ4n) is 3.26. The van der Waals surface area contributed by atoms with Crippen LogP contribution in [0.5, 0.6) is 0 Å². The second-order valence-electron chi connectivity index (χ2n) is 6.67. The van der Waals surface area contributed by atoms with E-state index in [1.165, 1.54) is 6.07 Å². The van der Waals surface area contributed by atoms with E-state index in [1.54, 1.807) is 0 Å². The molecule has 1 amide bonds. The number of hydrogen-bond donors (Lipinski definition) is 1. The van der Waals surface area contributed by atoms with Crippen molar-refractivity contribution in [2.45, 2.75) is 19.1 Å². The van der Waals surface area contributed by atoms with Gasteiger partial charge in [0.2, 0.25) is 0 Å².